The van der Waals surface area contributed by atoms with Crippen LogP contribution in [0, 0.1) is 5.82 Å². The number of carbonyl (C=O) groups is 1. The zero-order valence-electron chi connectivity index (χ0n) is 16.7. The molecule has 2 aromatic carbocycles. The van der Waals surface area contributed by atoms with E-state index < -0.39 is 10.0 Å². The van der Waals surface area contributed by atoms with Gasteiger partial charge in [-0.1, -0.05) is 31.2 Å². The summed E-state index contributed by atoms with van der Waals surface area (Å²) in [5, 5.41) is 0. The number of nitrogens with zero attached hydrogens (tertiary/aromatic N) is 3. The second kappa shape index (κ2) is 8.82. The molecular weight excluding hydrogens is 393 g/mol. The van der Waals surface area contributed by atoms with E-state index in [9.17, 15) is 17.6 Å². The van der Waals surface area contributed by atoms with Crippen LogP contribution in [-0.4, -0.2) is 58.2 Å². The number of piperazine rings is 1. The van der Waals surface area contributed by atoms with Crippen molar-refractivity contribution >= 4 is 27.3 Å². The maximum absolute atomic E-state index is 14.0. The summed E-state index contributed by atoms with van der Waals surface area (Å²) in [4.78, 5) is 16.3. The van der Waals surface area contributed by atoms with Crippen molar-refractivity contribution in [2.45, 2.75) is 13.3 Å². The molecule has 3 rings (SSSR count). The fourth-order valence-electron chi connectivity index (χ4n) is 3.43. The number of aryl methyl sites for hydroxylation is 1. The van der Waals surface area contributed by atoms with Crippen LogP contribution in [0.4, 0.5) is 15.8 Å². The van der Waals surface area contributed by atoms with Crippen molar-refractivity contribution in [3.63, 3.8) is 0 Å². The molecular formula is C21H26FN3O3S. The highest BCUT2D eigenvalue weighted by Crippen LogP contribution is 2.22. The van der Waals surface area contributed by atoms with Gasteiger partial charge in [-0.2, -0.15) is 0 Å². The lowest BCUT2D eigenvalue weighted by Crippen LogP contribution is -2.52. The molecule has 0 atom stereocenters. The molecule has 29 heavy (non-hydrogen) atoms. The van der Waals surface area contributed by atoms with Gasteiger partial charge in [0.2, 0.25) is 15.9 Å². The zero-order valence-corrected chi connectivity index (χ0v) is 17.5. The monoisotopic (exact) mass is 419 g/mol. The molecule has 6 nitrogen and oxygen atoms in total. The second-order valence-electron chi connectivity index (χ2n) is 7.11. The number of halogens is 1. The molecule has 156 valence electrons. The summed E-state index contributed by atoms with van der Waals surface area (Å²) in [5.74, 6) is -0.547. The van der Waals surface area contributed by atoms with Crippen LogP contribution in [0.3, 0.4) is 0 Å². The number of sulfonamides is 1. The van der Waals surface area contributed by atoms with E-state index in [4.69, 9.17) is 0 Å². The van der Waals surface area contributed by atoms with Crippen LogP contribution in [0.2, 0.25) is 0 Å². The van der Waals surface area contributed by atoms with E-state index in [0.29, 0.717) is 37.6 Å². The van der Waals surface area contributed by atoms with E-state index in [0.717, 1.165) is 22.5 Å². The third kappa shape index (κ3) is 5.06. The summed E-state index contributed by atoms with van der Waals surface area (Å²) in [6, 6.07) is 13.7. The molecule has 1 heterocycles. The quantitative estimate of drug-likeness (QED) is 0.722. The molecule has 1 saturated heterocycles. The summed E-state index contributed by atoms with van der Waals surface area (Å²) < 4.78 is 39.7. The van der Waals surface area contributed by atoms with Gasteiger partial charge in [-0.25, -0.2) is 12.8 Å². The van der Waals surface area contributed by atoms with E-state index in [2.05, 4.69) is 0 Å². The molecule has 0 bridgehead atoms. The molecule has 0 saturated carbocycles. The molecule has 1 fully saturated rings. The number of benzene rings is 2. The Hall–Kier alpha value is -2.61. The van der Waals surface area contributed by atoms with Gasteiger partial charge in [-0.05, 0) is 36.2 Å². The van der Waals surface area contributed by atoms with E-state index in [-0.39, 0.29) is 18.3 Å². The molecule has 0 radical (unpaired) electrons. The van der Waals surface area contributed by atoms with Crippen LogP contribution in [-0.2, 0) is 21.2 Å². The third-order valence-corrected chi connectivity index (χ3v) is 6.28. The van der Waals surface area contributed by atoms with Crippen molar-refractivity contribution in [3.05, 3.63) is 59.9 Å². The van der Waals surface area contributed by atoms with Crippen molar-refractivity contribution in [1.82, 2.24) is 4.90 Å². The smallest absolute Gasteiger partial charge is 0.243 e. The Morgan fingerprint density at radius 2 is 1.66 bits per heavy atom. The number of para-hydroxylation sites is 1. The predicted octanol–water partition coefficient (Wildman–Crippen LogP) is 2.50. The van der Waals surface area contributed by atoms with Crippen molar-refractivity contribution in [2.24, 2.45) is 0 Å². The Kier molecular flexibility index (Phi) is 6.42. The van der Waals surface area contributed by atoms with Crippen LogP contribution in [0.1, 0.15) is 12.5 Å². The van der Waals surface area contributed by atoms with Crippen LogP contribution in [0.5, 0.6) is 0 Å². The van der Waals surface area contributed by atoms with Gasteiger partial charge in [0.1, 0.15) is 12.4 Å². The standard InChI is InChI=1S/C21H26FN3O3S/c1-3-17-8-10-18(11-9-17)25(29(2,27)28)16-21(26)24-14-12-23(13-15-24)20-7-5-4-6-19(20)22/h4-11H,3,12-16H2,1-2H3. The van der Waals surface area contributed by atoms with E-state index in [1.807, 2.05) is 24.0 Å². The summed E-state index contributed by atoms with van der Waals surface area (Å²) >= 11 is 0. The summed E-state index contributed by atoms with van der Waals surface area (Å²) in [6.45, 7) is 3.60. The Bertz CT molecular complexity index is 955. The Labute approximate surface area is 171 Å². The lowest BCUT2D eigenvalue weighted by molar-refractivity contribution is -0.129. The fraction of sp³-hybridized carbons (Fsp3) is 0.381. The van der Waals surface area contributed by atoms with Gasteiger partial charge in [-0.3, -0.25) is 9.10 Å². The molecule has 0 N–H and O–H groups in total. The molecule has 1 aliphatic rings. The molecule has 1 aliphatic heterocycles. The molecule has 0 spiro atoms. The Morgan fingerprint density at radius 3 is 2.21 bits per heavy atom. The van der Waals surface area contributed by atoms with Gasteiger partial charge in [0, 0.05) is 26.2 Å². The van der Waals surface area contributed by atoms with Gasteiger partial charge >= 0.3 is 0 Å². The maximum atomic E-state index is 14.0. The van der Waals surface area contributed by atoms with Crippen molar-refractivity contribution in [1.29, 1.82) is 0 Å². The van der Waals surface area contributed by atoms with Gasteiger partial charge in [-0.15, -0.1) is 0 Å². The van der Waals surface area contributed by atoms with Gasteiger partial charge in [0.15, 0.2) is 0 Å². The van der Waals surface area contributed by atoms with Gasteiger partial charge in [0.05, 0.1) is 17.6 Å². The third-order valence-electron chi connectivity index (χ3n) is 5.14. The first-order valence-corrected chi connectivity index (χ1v) is 11.5. The lowest BCUT2D eigenvalue weighted by atomic mass is 10.1. The SMILES string of the molecule is CCc1ccc(N(CC(=O)N2CCN(c3ccccc3F)CC2)S(C)(=O)=O)cc1. The lowest BCUT2D eigenvalue weighted by Gasteiger charge is -2.37. The summed E-state index contributed by atoms with van der Waals surface area (Å²) in [7, 11) is -3.60. The number of amides is 1. The van der Waals surface area contributed by atoms with Crippen LogP contribution in [0.15, 0.2) is 48.5 Å². The van der Waals surface area contributed by atoms with Crippen LogP contribution < -0.4 is 9.21 Å². The highest BCUT2D eigenvalue weighted by molar-refractivity contribution is 7.92. The highest BCUT2D eigenvalue weighted by atomic mass is 32.2. The normalized spacial score (nSPS) is 14.7. The Balaban J connectivity index is 1.67. The van der Waals surface area contributed by atoms with E-state index in [1.165, 1.54) is 6.07 Å². The topological polar surface area (TPSA) is 60.9 Å². The minimum atomic E-state index is -3.60. The number of carbonyl (C=O) groups excluding carboxylic acids is 1. The largest absolute Gasteiger partial charge is 0.366 e. The number of rotatable bonds is 6. The number of hydrogen-bond donors (Lipinski definition) is 0. The molecule has 0 aliphatic carbocycles. The number of anilines is 2. The molecule has 0 unspecified atom stereocenters. The van der Waals surface area contributed by atoms with Crippen LogP contribution in [0.25, 0.3) is 0 Å². The minimum Gasteiger partial charge on any atom is -0.366 e. The molecule has 2 aromatic rings. The second-order valence-corrected chi connectivity index (χ2v) is 9.02. The number of hydrogen-bond acceptors (Lipinski definition) is 4. The first kappa shape index (κ1) is 21.1. The van der Waals surface area contributed by atoms with Gasteiger partial charge in [0.25, 0.3) is 0 Å². The van der Waals surface area contributed by atoms with Gasteiger partial charge < -0.3 is 9.80 Å². The maximum Gasteiger partial charge on any atom is 0.243 e. The minimum absolute atomic E-state index is 0.246. The zero-order chi connectivity index (χ0) is 21.0. The van der Waals surface area contributed by atoms with E-state index >= 15 is 0 Å². The average Bonchev–Trinajstić information content (AvgIpc) is 2.71. The first-order valence-electron chi connectivity index (χ1n) is 9.63. The van der Waals surface area contributed by atoms with Crippen LogP contribution >= 0.6 is 0 Å². The van der Waals surface area contributed by atoms with E-state index in [1.54, 1.807) is 35.2 Å². The summed E-state index contributed by atoms with van der Waals surface area (Å²) in [6.07, 6.45) is 1.95. The van der Waals surface area contributed by atoms with Crippen molar-refractivity contribution in [2.75, 3.05) is 48.2 Å². The average molecular weight is 420 g/mol. The summed E-state index contributed by atoms with van der Waals surface area (Å²) in [5.41, 5.74) is 2.09. The fourth-order valence-corrected chi connectivity index (χ4v) is 4.28. The molecule has 8 heteroatoms. The first-order chi connectivity index (χ1) is 13.8. The Morgan fingerprint density at radius 1 is 1.03 bits per heavy atom. The predicted molar refractivity (Wildman–Crippen MR) is 113 cm³/mol. The molecule has 1 amide bonds. The van der Waals surface area contributed by atoms with Crippen molar-refractivity contribution < 1.29 is 17.6 Å². The van der Waals surface area contributed by atoms with Crippen molar-refractivity contribution in [3.8, 4) is 0 Å². The molecule has 0 aromatic heterocycles. The highest BCUT2D eigenvalue weighted by Gasteiger charge is 2.27.